The molecule has 0 bridgehead atoms. The third kappa shape index (κ3) is 0.939. The number of rotatable bonds is 0. The van der Waals surface area contributed by atoms with Crippen LogP contribution in [0.25, 0.3) is 10.9 Å². The topological polar surface area (TPSA) is 28.7 Å². The van der Waals surface area contributed by atoms with E-state index in [0.717, 1.165) is 5.52 Å². The van der Waals surface area contributed by atoms with E-state index in [4.69, 9.17) is 0 Å². The lowest BCUT2D eigenvalue weighted by Crippen LogP contribution is -1.80. The Labute approximate surface area is 70.6 Å². The average molecular weight is 215 g/mol. The van der Waals surface area contributed by atoms with E-state index in [0.29, 0.717) is 9.86 Å². The molecule has 11 heavy (non-hydrogen) atoms. The Bertz CT molecular complexity index is 396. The first-order valence-electron chi connectivity index (χ1n) is 3.06. The van der Waals surface area contributed by atoms with Crippen molar-refractivity contribution in [1.82, 2.24) is 9.97 Å². The Hall–Kier alpha value is -0.900. The second-order valence-corrected chi connectivity index (χ2v) is 3.02. The summed E-state index contributed by atoms with van der Waals surface area (Å²) in [5.41, 5.74) is 0.754. The van der Waals surface area contributed by atoms with Crippen molar-refractivity contribution in [2.45, 2.75) is 0 Å². The predicted octanol–water partition coefficient (Wildman–Crippen LogP) is 2.46. The quantitative estimate of drug-likeness (QED) is 0.671. The summed E-state index contributed by atoms with van der Waals surface area (Å²) in [4.78, 5) is 6.43. The van der Waals surface area contributed by atoms with E-state index in [-0.39, 0.29) is 0 Å². The van der Waals surface area contributed by atoms with Gasteiger partial charge in [0.25, 0.3) is 0 Å². The van der Waals surface area contributed by atoms with Gasteiger partial charge < -0.3 is 4.98 Å². The first-order chi connectivity index (χ1) is 5.29. The van der Waals surface area contributed by atoms with Gasteiger partial charge in [0.2, 0.25) is 5.95 Å². The molecule has 56 valence electrons. The molecule has 0 aromatic carbocycles. The number of H-pyrrole nitrogens is 1. The fourth-order valence-electron chi connectivity index (χ4n) is 0.997. The van der Waals surface area contributed by atoms with Crippen LogP contribution in [0.1, 0.15) is 0 Å². The van der Waals surface area contributed by atoms with E-state index in [1.54, 1.807) is 12.3 Å². The normalized spacial score (nSPS) is 10.7. The molecule has 0 fully saturated rings. The lowest BCUT2D eigenvalue weighted by molar-refractivity contribution is 0.596. The van der Waals surface area contributed by atoms with Crippen molar-refractivity contribution in [3.05, 3.63) is 28.9 Å². The molecule has 2 aromatic heterocycles. The van der Waals surface area contributed by atoms with Crippen LogP contribution in [-0.4, -0.2) is 9.97 Å². The van der Waals surface area contributed by atoms with E-state index in [9.17, 15) is 4.39 Å². The summed E-state index contributed by atoms with van der Waals surface area (Å²) < 4.78 is 13.6. The lowest BCUT2D eigenvalue weighted by Gasteiger charge is -1.89. The number of nitrogens with zero attached hydrogens (tertiary/aromatic N) is 1. The maximum Gasteiger partial charge on any atom is 0.223 e. The maximum absolute atomic E-state index is 12.9. The van der Waals surface area contributed by atoms with Crippen molar-refractivity contribution in [3.8, 4) is 0 Å². The predicted molar refractivity (Wildman–Crippen MR) is 43.8 cm³/mol. The van der Waals surface area contributed by atoms with Crippen molar-refractivity contribution in [1.29, 1.82) is 0 Å². The summed E-state index contributed by atoms with van der Waals surface area (Å²) >= 11 is 3.21. The van der Waals surface area contributed by atoms with Crippen LogP contribution in [0, 0.1) is 5.95 Å². The largest absolute Gasteiger partial charge is 0.360 e. The fraction of sp³-hybridized carbons (Fsp3) is 0. The Kier molecular flexibility index (Phi) is 1.42. The van der Waals surface area contributed by atoms with Crippen LogP contribution in [0.4, 0.5) is 4.39 Å². The summed E-state index contributed by atoms with van der Waals surface area (Å²) in [5.74, 6) is -0.448. The summed E-state index contributed by atoms with van der Waals surface area (Å²) in [6.45, 7) is 0. The first-order valence-corrected chi connectivity index (χ1v) is 3.85. The van der Waals surface area contributed by atoms with E-state index >= 15 is 0 Å². The van der Waals surface area contributed by atoms with Crippen molar-refractivity contribution in [2.75, 3.05) is 0 Å². The molecule has 0 aliphatic rings. The number of halogens is 2. The molecule has 2 nitrogen and oxygen atoms in total. The number of aromatic nitrogens is 2. The molecule has 0 radical (unpaired) electrons. The number of fused-ring (bicyclic) bond motifs is 1. The van der Waals surface area contributed by atoms with Gasteiger partial charge in [-0.05, 0) is 22.0 Å². The summed E-state index contributed by atoms with van der Waals surface area (Å²) in [6, 6.07) is 1.73. The zero-order valence-electron chi connectivity index (χ0n) is 5.44. The zero-order valence-corrected chi connectivity index (χ0v) is 7.02. The van der Waals surface area contributed by atoms with Crippen molar-refractivity contribution in [3.63, 3.8) is 0 Å². The van der Waals surface area contributed by atoms with Gasteiger partial charge in [0.15, 0.2) is 0 Å². The second kappa shape index (κ2) is 2.30. The molecule has 2 heterocycles. The average Bonchev–Trinajstić information content (AvgIpc) is 2.34. The van der Waals surface area contributed by atoms with Gasteiger partial charge in [-0.3, -0.25) is 0 Å². The molecule has 0 spiro atoms. The van der Waals surface area contributed by atoms with Crippen LogP contribution in [0.5, 0.6) is 0 Å². The van der Waals surface area contributed by atoms with Gasteiger partial charge in [-0.15, -0.1) is 0 Å². The summed E-state index contributed by atoms with van der Waals surface area (Å²) in [7, 11) is 0. The van der Waals surface area contributed by atoms with Gasteiger partial charge in [-0.1, -0.05) is 0 Å². The van der Waals surface area contributed by atoms with Crippen LogP contribution in [0.15, 0.2) is 22.9 Å². The van der Waals surface area contributed by atoms with Gasteiger partial charge in [-0.2, -0.15) is 4.39 Å². The number of aromatic amines is 1. The van der Waals surface area contributed by atoms with Gasteiger partial charge >= 0.3 is 0 Å². The highest BCUT2D eigenvalue weighted by Crippen LogP contribution is 2.24. The SMILES string of the molecule is Fc1nccc2[nH]cc(Br)c12. The third-order valence-corrected chi connectivity index (χ3v) is 2.12. The van der Waals surface area contributed by atoms with Crippen LogP contribution < -0.4 is 0 Å². The van der Waals surface area contributed by atoms with E-state index in [1.165, 1.54) is 6.20 Å². The lowest BCUT2D eigenvalue weighted by atomic mass is 10.3. The highest BCUT2D eigenvalue weighted by Gasteiger charge is 2.05. The van der Waals surface area contributed by atoms with Gasteiger partial charge in [-0.25, -0.2) is 4.98 Å². The number of nitrogens with one attached hydrogen (secondary N) is 1. The molecule has 0 amide bonds. The molecule has 0 aliphatic heterocycles. The molecule has 0 aliphatic carbocycles. The minimum Gasteiger partial charge on any atom is -0.360 e. The Balaban J connectivity index is 2.96. The van der Waals surface area contributed by atoms with E-state index in [1.807, 2.05) is 0 Å². The zero-order chi connectivity index (χ0) is 7.84. The minimum atomic E-state index is -0.448. The smallest absolute Gasteiger partial charge is 0.223 e. The standard InChI is InChI=1S/C7H4BrFN2/c8-4-3-11-5-1-2-10-7(9)6(4)5/h1-3,11H. The number of hydrogen-bond donors (Lipinski definition) is 1. The molecule has 0 saturated heterocycles. The second-order valence-electron chi connectivity index (χ2n) is 2.16. The first kappa shape index (κ1) is 6.79. The minimum absolute atomic E-state index is 0.448. The molecule has 0 saturated carbocycles. The molecule has 2 rings (SSSR count). The van der Waals surface area contributed by atoms with Gasteiger partial charge in [0.05, 0.1) is 10.9 Å². The van der Waals surface area contributed by atoms with Crippen molar-refractivity contribution >= 4 is 26.8 Å². The fourth-order valence-corrected chi connectivity index (χ4v) is 1.49. The molecular formula is C7H4BrFN2. The van der Waals surface area contributed by atoms with Gasteiger partial charge in [0.1, 0.15) is 0 Å². The third-order valence-electron chi connectivity index (χ3n) is 1.50. The molecule has 1 N–H and O–H groups in total. The summed E-state index contributed by atoms with van der Waals surface area (Å²) in [6.07, 6.45) is 3.12. The Morgan fingerprint density at radius 3 is 3.09 bits per heavy atom. The van der Waals surface area contributed by atoms with Crippen LogP contribution in [0.2, 0.25) is 0 Å². The van der Waals surface area contributed by atoms with Crippen LogP contribution in [-0.2, 0) is 0 Å². The van der Waals surface area contributed by atoms with Crippen molar-refractivity contribution in [2.24, 2.45) is 0 Å². The highest BCUT2D eigenvalue weighted by atomic mass is 79.9. The highest BCUT2D eigenvalue weighted by molar-refractivity contribution is 9.10. The molecule has 0 unspecified atom stereocenters. The molecule has 4 heteroatoms. The summed E-state index contributed by atoms with van der Waals surface area (Å²) in [5, 5.41) is 0.507. The van der Waals surface area contributed by atoms with E-state index in [2.05, 4.69) is 25.9 Å². The molecule has 0 atom stereocenters. The van der Waals surface area contributed by atoms with Crippen LogP contribution in [0.3, 0.4) is 0 Å². The Morgan fingerprint density at radius 2 is 2.36 bits per heavy atom. The van der Waals surface area contributed by atoms with E-state index < -0.39 is 5.95 Å². The van der Waals surface area contributed by atoms with Crippen molar-refractivity contribution < 1.29 is 4.39 Å². The number of pyridine rings is 1. The van der Waals surface area contributed by atoms with Crippen LogP contribution >= 0.6 is 15.9 Å². The maximum atomic E-state index is 12.9. The van der Waals surface area contributed by atoms with Gasteiger partial charge in [0, 0.05) is 16.9 Å². The number of hydrogen-bond acceptors (Lipinski definition) is 1. The Morgan fingerprint density at radius 1 is 1.55 bits per heavy atom. The molecular weight excluding hydrogens is 211 g/mol. The monoisotopic (exact) mass is 214 g/mol. The molecule has 2 aromatic rings.